The number of carboxylic acid groups (broad SMARTS) is 1. The van der Waals surface area contributed by atoms with Gasteiger partial charge in [-0.15, -0.1) is 0 Å². The average Bonchev–Trinajstić information content (AvgIpc) is 2.71. The number of amides is 1. The van der Waals surface area contributed by atoms with E-state index >= 15 is 0 Å². The molecule has 0 radical (unpaired) electrons. The number of carboxylic acids is 1. The number of aliphatic carboxylic acids is 1. The lowest BCUT2D eigenvalue weighted by Gasteiger charge is -2.14. The third-order valence-corrected chi connectivity index (χ3v) is 3.67. The molecule has 0 aliphatic carbocycles. The summed E-state index contributed by atoms with van der Waals surface area (Å²) in [5.41, 5.74) is 0.542. The first kappa shape index (κ1) is 21.3. The molecule has 150 valence electrons. The highest BCUT2D eigenvalue weighted by atomic mass is 16.5. The van der Waals surface area contributed by atoms with Gasteiger partial charge in [-0.2, -0.15) is 5.26 Å². The third kappa shape index (κ3) is 5.74. The lowest BCUT2D eigenvalue weighted by Crippen LogP contribution is -2.14. The Balaban J connectivity index is 2.38. The molecular formula is C21H20N2O6. The topological polar surface area (TPSA) is 118 Å². The van der Waals surface area contributed by atoms with Gasteiger partial charge in [0, 0.05) is 5.56 Å². The molecule has 8 nitrogen and oxygen atoms in total. The first-order valence-electron chi connectivity index (χ1n) is 8.66. The molecule has 29 heavy (non-hydrogen) atoms. The lowest BCUT2D eigenvalue weighted by atomic mass is 10.1. The van der Waals surface area contributed by atoms with Gasteiger partial charge in [0.15, 0.2) is 18.1 Å². The van der Waals surface area contributed by atoms with Crippen molar-refractivity contribution >= 4 is 23.6 Å². The Bertz CT molecular complexity index is 962. The van der Waals surface area contributed by atoms with Crippen LogP contribution in [0.2, 0.25) is 0 Å². The molecule has 0 aromatic heterocycles. The van der Waals surface area contributed by atoms with Crippen molar-refractivity contribution in [2.45, 2.75) is 6.92 Å². The number of benzene rings is 2. The second-order valence-corrected chi connectivity index (χ2v) is 5.61. The third-order valence-electron chi connectivity index (χ3n) is 3.67. The molecule has 1 amide bonds. The smallest absolute Gasteiger partial charge is 0.341 e. The molecule has 8 heteroatoms. The molecule has 0 unspecified atom stereocenters. The predicted molar refractivity (Wildman–Crippen MR) is 106 cm³/mol. The summed E-state index contributed by atoms with van der Waals surface area (Å²) < 4.78 is 16.0. The minimum atomic E-state index is -1.17. The molecule has 0 aliphatic rings. The zero-order chi connectivity index (χ0) is 21.2. The van der Waals surface area contributed by atoms with Crippen LogP contribution in [0.25, 0.3) is 6.08 Å². The molecule has 2 rings (SSSR count). The van der Waals surface area contributed by atoms with Crippen LogP contribution in [-0.4, -0.2) is 37.3 Å². The lowest BCUT2D eigenvalue weighted by molar-refractivity contribution is -0.139. The van der Waals surface area contributed by atoms with Gasteiger partial charge in [0.2, 0.25) is 0 Å². The average molecular weight is 396 g/mol. The van der Waals surface area contributed by atoms with Crippen LogP contribution < -0.4 is 19.5 Å². The minimum absolute atomic E-state index is 0.134. The molecule has 2 aromatic carbocycles. The fraction of sp³-hybridized carbons (Fsp3) is 0.190. The van der Waals surface area contributed by atoms with E-state index in [4.69, 9.17) is 19.3 Å². The molecule has 0 heterocycles. The summed E-state index contributed by atoms with van der Waals surface area (Å²) in [6.07, 6.45) is 1.31. The largest absolute Gasteiger partial charge is 0.495 e. The van der Waals surface area contributed by atoms with Crippen LogP contribution >= 0.6 is 0 Å². The van der Waals surface area contributed by atoms with Gasteiger partial charge in [-0.3, -0.25) is 4.79 Å². The number of para-hydroxylation sites is 3. The fourth-order valence-electron chi connectivity index (χ4n) is 2.45. The van der Waals surface area contributed by atoms with Crippen molar-refractivity contribution in [1.29, 1.82) is 5.26 Å². The zero-order valence-electron chi connectivity index (χ0n) is 16.0. The van der Waals surface area contributed by atoms with Gasteiger partial charge in [-0.05, 0) is 31.2 Å². The number of nitrogens with one attached hydrogen (secondary N) is 1. The summed E-state index contributed by atoms with van der Waals surface area (Å²) in [6.45, 7) is 1.50. The van der Waals surface area contributed by atoms with Crippen molar-refractivity contribution < 1.29 is 28.9 Å². The summed E-state index contributed by atoms with van der Waals surface area (Å²) in [4.78, 5) is 23.5. The van der Waals surface area contributed by atoms with Crippen LogP contribution in [-0.2, 0) is 9.59 Å². The number of hydrogen-bond donors (Lipinski definition) is 2. The van der Waals surface area contributed by atoms with Crippen LogP contribution in [0.5, 0.6) is 17.2 Å². The highest BCUT2D eigenvalue weighted by molar-refractivity contribution is 6.10. The van der Waals surface area contributed by atoms with Gasteiger partial charge in [0.05, 0.1) is 19.4 Å². The Kier molecular flexibility index (Phi) is 7.62. The summed E-state index contributed by atoms with van der Waals surface area (Å²) in [5, 5.41) is 21.0. The molecule has 0 aliphatic heterocycles. The van der Waals surface area contributed by atoms with E-state index < -0.39 is 18.5 Å². The van der Waals surface area contributed by atoms with Gasteiger partial charge in [-0.1, -0.05) is 24.3 Å². The second kappa shape index (κ2) is 10.4. The first-order chi connectivity index (χ1) is 14.0. The van der Waals surface area contributed by atoms with Gasteiger partial charge >= 0.3 is 5.97 Å². The zero-order valence-corrected chi connectivity index (χ0v) is 16.0. The summed E-state index contributed by atoms with van der Waals surface area (Å²) >= 11 is 0. The Labute approximate surface area is 167 Å². The molecular weight excluding hydrogens is 376 g/mol. The fourth-order valence-corrected chi connectivity index (χ4v) is 2.45. The number of methoxy groups -OCH3 is 1. The standard InChI is InChI=1S/C21H20N2O6/c1-3-28-18-10-6-7-14(20(18)29-13-19(24)25)11-15(12-22)21(26)23-16-8-4-5-9-17(16)27-2/h4-11H,3,13H2,1-2H3,(H,23,26)(H,24,25)/b15-11-. The van der Waals surface area contributed by atoms with Crippen LogP contribution in [0.4, 0.5) is 5.69 Å². The SMILES string of the molecule is CCOc1cccc(/C=C(/C#N)C(=O)Nc2ccccc2OC)c1OCC(=O)O. The highest BCUT2D eigenvalue weighted by Crippen LogP contribution is 2.33. The number of ether oxygens (including phenoxy) is 3. The Morgan fingerprint density at radius 2 is 1.86 bits per heavy atom. The maximum absolute atomic E-state index is 12.6. The maximum Gasteiger partial charge on any atom is 0.341 e. The quantitative estimate of drug-likeness (QED) is 0.494. The van der Waals surface area contributed by atoms with Crippen LogP contribution in [0.15, 0.2) is 48.0 Å². The Morgan fingerprint density at radius 3 is 2.52 bits per heavy atom. The van der Waals surface area contributed by atoms with Gasteiger partial charge in [-0.25, -0.2) is 4.79 Å². The monoisotopic (exact) mass is 396 g/mol. The highest BCUT2D eigenvalue weighted by Gasteiger charge is 2.16. The van der Waals surface area contributed by atoms with E-state index in [1.807, 2.05) is 6.07 Å². The predicted octanol–water partition coefficient (Wildman–Crippen LogP) is 3.10. The van der Waals surface area contributed by atoms with Gasteiger partial charge < -0.3 is 24.6 Å². The van der Waals surface area contributed by atoms with E-state index in [0.29, 0.717) is 29.4 Å². The van der Waals surface area contributed by atoms with Crippen molar-refractivity contribution in [2.75, 3.05) is 25.6 Å². The van der Waals surface area contributed by atoms with E-state index in [1.165, 1.54) is 13.2 Å². The number of carbonyl (C=O) groups excluding carboxylic acids is 1. The second-order valence-electron chi connectivity index (χ2n) is 5.61. The number of nitriles is 1. The van der Waals surface area contributed by atoms with Crippen molar-refractivity contribution in [3.05, 3.63) is 53.6 Å². The Hall–Kier alpha value is -3.99. The number of anilines is 1. The number of hydrogen-bond acceptors (Lipinski definition) is 6. The number of nitrogens with zero attached hydrogens (tertiary/aromatic N) is 1. The van der Waals surface area contributed by atoms with Gasteiger partial charge in [0.25, 0.3) is 5.91 Å². The van der Waals surface area contributed by atoms with E-state index in [1.54, 1.807) is 49.4 Å². The van der Waals surface area contributed by atoms with Crippen LogP contribution in [0, 0.1) is 11.3 Å². The number of carbonyl (C=O) groups is 2. The van der Waals surface area contributed by atoms with Crippen molar-refractivity contribution in [3.63, 3.8) is 0 Å². The molecule has 0 saturated heterocycles. The maximum atomic E-state index is 12.6. The van der Waals surface area contributed by atoms with E-state index in [0.717, 1.165) is 0 Å². The normalized spacial score (nSPS) is 10.6. The molecule has 2 aromatic rings. The Morgan fingerprint density at radius 1 is 1.14 bits per heavy atom. The number of rotatable bonds is 9. The summed E-state index contributed by atoms with van der Waals surface area (Å²) in [7, 11) is 1.47. The van der Waals surface area contributed by atoms with Gasteiger partial charge in [0.1, 0.15) is 17.4 Å². The molecule has 0 atom stereocenters. The van der Waals surface area contributed by atoms with Crippen LogP contribution in [0.3, 0.4) is 0 Å². The minimum Gasteiger partial charge on any atom is -0.495 e. The van der Waals surface area contributed by atoms with E-state index in [2.05, 4.69) is 5.32 Å². The molecule has 0 saturated carbocycles. The van der Waals surface area contributed by atoms with Crippen molar-refractivity contribution in [1.82, 2.24) is 0 Å². The molecule has 2 N–H and O–H groups in total. The van der Waals surface area contributed by atoms with Crippen molar-refractivity contribution in [2.24, 2.45) is 0 Å². The summed E-state index contributed by atoms with van der Waals surface area (Å²) in [5.74, 6) is -0.926. The molecule has 0 bridgehead atoms. The summed E-state index contributed by atoms with van der Waals surface area (Å²) in [6, 6.07) is 13.5. The van der Waals surface area contributed by atoms with Crippen LogP contribution in [0.1, 0.15) is 12.5 Å². The first-order valence-corrected chi connectivity index (χ1v) is 8.66. The van der Waals surface area contributed by atoms with Crippen molar-refractivity contribution in [3.8, 4) is 23.3 Å². The van der Waals surface area contributed by atoms with E-state index in [-0.39, 0.29) is 11.3 Å². The molecule has 0 spiro atoms. The van der Waals surface area contributed by atoms with E-state index in [9.17, 15) is 14.9 Å². The molecule has 0 fully saturated rings.